The highest BCUT2D eigenvalue weighted by Gasteiger charge is 2.26. The first-order valence-corrected chi connectivity index (χ1v) is 10.3. The summed E-state index contributed by atoms with van der Waals surface area (Å²) in [6.07, 6.45) is 2.36. The Morgan fingerprint density at radius 3 is 2.54 bits per heavy atom. The maximum absolute atomic E-state index is 11.1. The Morgan fingerprint density at radius 2 is 1.82 bits per heavy atom. The number of hydrogen-bond donors (Lipinski definition) is 2. The van der Waals surface area contributed by atoms with Gasteiger partial charge in [-0.25, -0.2) is 4.98 Å². The summed E-state index contributed by atoms with van der Waals surface area (Å²) >= 11 is 18.6. The summed E-state index contributed by atoms with van der Waals surface area (Å²) in [6.45, 7) is 0.889. The van der Waals surface area contributed by atoms with Crippen LogP contribution in [-0.2, 0) is 0 Å². The minimum Gasteiger partial charge on any atom is -0.439 e. The zero-order chi connectivity index (χ0) is 19.7. The van der Waals surface area contributed by atoms with Gasteiger partial charge in [0.2, 0.25) is 5.88 Å². The smallest absolute Gasteiger partial charge is 0.220 e. The van der Waals surface area contributed by atoms with Crippen molar-refractivity contribution in [3.8, 4) is 11.6 Å². The summed E-state index contributed by atoms with van der Waals surface area (Å²) in [5, 5.41) is 16.7. The van der Waals surface area contributed by atoms with Crippen LogP contribution in [0.25, 0.3) is 10.9 Å². The number of ether oxygens (including phenoxy) is 1. The van der Waals surface area contributed by atoms with Gasteiger partial charge in [-0.3, -0.25) is 0 Å². The van der Waals surface area contributed by atoms with Crippen molar-refractivity contribution in [2.24, 2.45) is 0 Å². The number of pyridine rings is 1. The highest BCUT2D eigenvalue weighted by Crippen LogP contribution is 2.37. The van der Waals surface area contributed by atoms with E-state index in [1.807, 2.05) is 0 Å². The average Bonchev–Trinajstić information content (AvgIpc) is 2.70. The predicted molar refractivity (Wildman–Crippen MR) is 114 cm³/mol. The summed E-state index contributed by atoms with van der Waals surface area (Å²) in [6, 6.07) is 12.1. The Balaban J connectivity index is 1.79. The molecule has 0 bridgehead atoms. The van der Waals surface area contributed by atoms with Crippen LogP contribution < -0.4 is 10.1 Å². The molecule has 4 rings (SSSR count). The highest BCUT2D eigenvalue weighted by molar-refractivity contribution is 6.38. The molecule has 2 heterocycles. The van der Waals surface area contributed by atoms with Gasteiger partial charge in [0.25, 0.3) is 0 Å². The van der Waals surface area contributed by atoms with Crippen LogP contribution in [0.1, 0.15) is 30.9 Å². The molecule has 2 aromatic carbocycles. The first-order valence-electron chi connectivity index (χ1n) is 9.16. The summed E-state index contributed by atoms with van der Waals surface area (Å²) < 4.78 is 5.91. The van der Waals surface area contributed by atoms with E-state index in [0.717, 1.165) is 31.2 Å². The molecule has 0 spiro atoms. The third-order valence-corrected chi connectivity index (χ3v) is 5.68. The van der Waals surface area contributed by atoms with E-state index in [4.69, 9.17) is 39.5 Å². The summed E-state index contributed by atoms with van der Waals surface area (Å²) in [5.74, 6) is 0.946. The maximum Gasteiger partial charge on any atom is 0.220 e. The Morgan fingerprint density at radius 1 is 1.04 bits per heavy atom. The zero-order valence-electron chi connectivity index (χ0n) is 15.0. The van der Waals surface area contributed by atoms with Crippen LogP contribution in [-0.4, -0.2) is 22.7 Å². The lowest BCUT2D eigenvalue weighted by Gasteiger charge is -2.29. The molecule has 1 aliphatic rings. The molecule has 1 aromatic heterocycles. The Kier molecular flexibility index (Phi) is 5.95. The number of aliphatic hydroxyl groups excluding tert-OH is 1. The third kappa shape index (κ3) is 4.22. The van der Waals surface area contributed by atoms with Crippen LogP contribution in [0.4, 0.5) is 0 Å². The summed E-state index contributed by atoms with van der Waals surface area (Å²) in [7, 11) is 0. The van der Waals surface area contributed by atoms with Gasteiger partial charge < -0.3 is 15.2 Å². The molecule has 4 nitrogen and oxygen atoms in total. The molecule has 7 heteroatoms. The van der Waals surface area contributed by atoms with Crippen molar-refractivity contribution < 1.29 is 9.84 Å². The first-order chi connectivity index (χ1) is 13.5. The Bertz CT molecular complexity index is 989. The Hall–Kier alpha value is -1.56. The number of aromatic nitrogens is 1. The quantitative estimate of drug-likeness (QED) is 0.513. The maximum atomic E-state index is 11.1. The van der Waals surface area contributed by atoms with E-state index < -0.39 is 6.10 Å². The third-order valence-electron chi connectivity index (χ3n) is 4.92. The number of piperidine rings is 1. The molecule has 0 saturated carbocycles. The van der Waals surface area contributed by atoms with Crippen LogP contribution >= 0.6 is 34.8 Å². The fraction of sp³-hybridized carbons (Fsp3) is 0.286. The van der Waals surface area contributed by atoms with Crippen LogP contribution in [0, 0.1) is 0 Å². The van der Waals surface area contributed by atoms with Crippen LogP contribution in [0.15, 0.2) is 42.5 Å². The van der Waals surface area contributed by atoms with E-state index in [1.54, 1.807) is 42.5 Å². The number of fused-ring (bicyclic) bond motifs is 1. The van der Waals surface area contributed by atoms with Crippen molar-refractivity contribution in [1.29, 1.82) is 0 Å². The van der Waals surface area contributed by atoms with Gasteiger partial charge >= 0.3 is 0 Å². The Labute approximate surface area is 178 Å². The molecule has 1 saturated heterocycles. The van der Waals surface area contributed by atoms with Crippen LogP contribution in [0.3, 0.4) is 0 Å². The minimum atomic E-state index is -0.729. The number of benzene rings is 2. The van der Waals surface area contributed by atoms with Gasteiger partial charge in [0.15, 0.2) is 0 Å². The van der Waals surface area contributed by atoms with E-state index in [0.29, 0.717) is 37.8 Å². The molecule has 2 N–H and O–H groups in total. The second kappa shape index (κ2) is 8.44. The fourth-order valence-corrected chi connectivity index (χ4v) is 4.20. The standard InChI is InChI=1S/C21H19Cl3N2O2/c22-12-4-6-14(7-5-12)28-19-11-16(21(27)18-3-1-2-8-25-18)15-9-13(23)10-17(24)20(15)26-19/h4-7,9-11,18,21,25,27H,1-3,8H2. The normalized spacial score (nSPS) is 18.2. The zero-order valence-corrected chi connectivity index (χ0v) is 17.2. The minimum absolute atomic E-state index is 0.0412. The number of hydrogen-bond acceptors (Lipinski definition) is 4. The van der Waals surface area contributed by atoms with Gasteiger partial charge in [-0.1, -0.05) is 41.2 Å². The summed E-state index contributed by atoms with van der Waals surface area (Å²) in [4.78, 5) is 4.54. The van der Waals surface area contributed by atoms with Gasteiger partial charge in [0, 0.05) is 27.5 Å². The predicted octanol–water partition coefficient (Wildman–Crippen LogP) is 6.16. The molecule has 0 aliphatic carbocycles. The second-order valence-corrected chi connectivity index (χ2v) is 8.17. The lowest BCUT2D eigenvalue weighted by atomic mass is 9.93. The number of aliphatic hydroxyl groups is 1. The van der Waals surface area contributed by atoms with Gasteiger partial charge in [-0.05, 0) is 61.3 Å². The second-order valence-electron chi connectivity index (χ2n) is 6.89. The van der Waals surface area contributed by atoms with E-state index >= 15 is 0 Å². The van der Waals surface area contributed by atoms with Gasteiger partial charge in [0.05, 0.1) is 16.6 Å². The largest absolute Gasteiger partial charge is 0.439 e. The molecule has 1 aliphatic heterocycles. The van der Waals surface area contributed by atoms with Crippen molar-refractivity contribution in [3.05, 3.63) is 63.1 Å². The number of nitrogens with zero attached hydrogens (tertiary/aromatic N) is 1. The average molecular weight is 438 g/mol. The highest BCUT2D eigenvalue weighted by atomic mass is 35.5. The van der Waals surface area contributed by atoms with E-state index in [1.165, 1.54) is 0 Å². The molecule has 3 aromatic rings. The van der Waals surface area contributed by atoms with Crippen molar-refractivity contribution in [1.82, 2.24) is 10.3 Å². The molecule has 0 amide bonds. The molecule has 2 unspecified atom stereocenters. The molecule has 2 atom stereocenters. The van der Waals surface area contributed by atoms with Gasteiger partial charge in [0.1, 0.15) is 5.75 Å². The van der Waals surface area contributed by atoms with Crippen LogP contribution in [0.5, 0.6) is 11.6 Å². The van der Waals surface area contributed by atoms with Crippen molar-refractivity contribution in [3.63, 3.8) is 0 Å². The SMILES string of the molecule is OC(c1cc(Oc2ccc(Cl)cc2)nc2c(Cl)cc(Cl)cc12)C1CCCCN1. The van der Waals surface area contributed by atoms with Crippen molar-refractivity contribution in [2.75, 3.05) is 6.54 Å². The number of nitrogens with one attached hydrogen (secondary N) is 1. The number of rotatable bonds is 4. The van der Waals surface area contributed by atoms with E-state index in [-0.39, 0.29) is 6.04 Å². The monoisotopic (exact) mass is 436 g/mol. The number of halogens is 3. The molecule has 28 heavy (non-hydrogen) atoms. The topological polar surface area (TPSA) is 54.4 Å². The molecular formula is C21H19Cl3N2O2. The molecule has 146 valence electrons. The van der Waals surface area contributed by atoms with E-state index in [9.17, 15) is 5.11 Å². The first kappa shape index (κ1) is 19.7. The van der Waals surface area contributed by atoms with Gasteiger partial charge in [-0.2, -0.15) is 0 Å². The van der Waals surface area contributed by atoms with E-state index in [2.05, 4.69) is 10.3 Å². The molecular weight excluding hydrogens is 419 g/mol. The summed E-state index contributed by atoms with van der Waals surface area (Å²) in [5.41, 5.74) is 1.24. The lowest BCUT2D eigenvalue weighted by Crippen LogP contribution is -2.38. The van der Waals surface area contributed by atoms with Crippen molar-refractivity contribution in [2.45, 2.75) is 31.4 Å². The van der Waals surface area contributed by atoms with Crippen LogP contribution in [0.2, 0.25) is 15.1 Å². The lowest BCUT2D eigenvalue weighted by molar-refractivity contribution is 0.115. The molecule has 0 radical (unpaired) electrons. The van der Waals surface area contributed by atoms with Crippen molar-refractivity contribution >= 4 is 45.7 Å². The molecule has 1 fully saturated rings. The fourth-order valence-electron chi connectivity index (χ4n) is 3.54. The van der Waals surface area contributed by atoms with Gasteiger partial charge in [-0.15, -0.1) is 0 Å².